The molecule has 1 heterocycles. The maximum Gasteiger partial charge on any atom is 0.261 e. The molecule has 1 amide bonds. The molecule has 0 saturated carbocycles. The Kier molecular flexibility index (Phi) is 5.08. The number of pyridine rings is 1. The van der Waals surface area contributed by atoms with Gasteiger partial charge in [0.15, 0.2) is 0 Å². The number of fused-ring (bicyclic) bond motifs is 1. The van der Waals surface area contributed by atoms with E-state index in [2.05, 4.69) is 46.7 Å². The number of nitrogens with two attached hydrogens (primary N) is 1. The number of hydrogen-bond acceptors (Lipinski definition) is 3. The number of amides is 1. The summed E-state index contributed by atoms with van der Waals surface area (Å²) in [7, 11) is 0. The highest BCUT2D eigenvalue weighted by molar-refractivity contribution is 5.92. The lowest BCUT2D eigenvalue weighted by Gasteiger charge is -2.26. The van der Waals surface area contributed by atoms with Crippen molar-refractivity contribution < 1.29 is 4.79 Å². The second-order valence-electron chi connectivity index (χ2n) is 7.20. The number of aromatic nitrogens is 1. The molecule has 1 aromatic heterocycles. The van der Waals surface area contributed by atoms with Crippen LogP contribution in [0.5, 0.6) is 0 Å². The van der Waals surface area contributed by atoms with Crippen LogP contribution < -0.4 is 16.6 Å². The van der Waals surface area contributed by atoms with Crippen LogP contribution in [0.1, 0.15) is 46.1 Å². The first-order valence-electron chi connectivity index (χ1n) is 9.55. The summed E-state index contributed by atoms with van der Waals surface area (Å²) in [5.41, 5.74) is 10.4. The number of hydrogen-bond donors (Lipinski definition) is 3. The van der Waals surface area contributed by atoms with Crippen molar-refractivity contribution in [2.45, 2.75) is 31.8 Å². The summed E-state index contributed by atoms with van der Waals surface area (Å²) in [6.45, 7) is 0.713. The Morgan fingerprint density at radius 3 is 2.50 bits per heavy atom. The largest absolute Gasteiger partial charge is 0.365 e. The highest BCUT2D eigenvalue weighted by atomic mass is 16.2. The molecule has 5 nitrogen and oxygen atoms in total. The maximum atomic E-state index is 12.0. The van der Waals surface area contributed by atoms with Gasteiger partial charge in [0.2, 0.25) is 0 Å². The molecule has 0 aliphatic heterocycles. The molecule has 1 aliphatic carbocycles. The first-order chi connectivity index (χ1) is 13.6. The number of primary amides is 1. The number of benzene rings is 2. The molecule has 0 saturated heterocycles. The van der Waals surface area contributed by atoms with Crippen LogP contribution in [0.2, 0.25) is 0 Å². The Hall–Kier alpha value is -3.18. The van der Waals surface area contributed by atoms with Gasteiger partial charge in [-0.2, -0.15) is 0 Å². The minimum Gasteiger partial charge on any atom is -0.365 e. The van der Waals surface area contributed by atoms with E-state index in [1.807, 2.05) is 18.2 Å². The van der Waals surface area contributed by atoms with Crippen LogP contribution in [0.15, 0.2) is 65.5 Å². The standard InChI is InChI=1S/C23H23N3O2/c24-22(27)19-13-18-20(7-4-8-21(18)26-23(19)28)25-14-15-9-11-17(12-10-15)16-5-2-1-3-6-16/h1-3,5-6,9-13,20,25H,4,7-8,14H2,(H2,24,27)(H,26,28). The lowest BCUT2D eigenvalue weighted by atomic mass is 9.90. The van der Waals surface area contributed by atoms with E-state index in [0.717, 1.165) is 30.5 Å². The highest BCUT2D eigenvalue weighted by Gasteiger charge is 2.23. The molecule has 5 heteroatoms. The Morgan fingerprint density at radius 2 is 1.79 bits per heavy atom. The van der Waals surface area contributed by atoms with E-state index in [-0.39, 0.29) is 11.6 Å². The van der Waals surface area contributed by atoms with Gasteiger partial charge in [-0.25, -0.2) is 0 Å². The Balaban J connectivity index is 1.50. The third-order valence-electron chi connectivity index (χ3n) is 5.33. The fourth-order valence-electron chi connectivity index (χ4n) is 3.82. The second-order valence-corrected chi connectivity index (χ2v) is 7.20. The van der Waals surface area contributed by atoms with Gasteiger partial charge < -0.3 is 16.0 Å². The molecule has 4 N–H and O–H groups in total. The van der Waals surface area contributed by atoms with Crippen molar-refractivity contribution in [3.05, 3.63) is 93.4 Å². The Labute approximate surface area is 163 Å². The van der Waals surface area contributed by atoms with Crippen molar-refractivity contribution in [2.24, 2.45) is 5.73 Å². The second kappa shape index (κ2) is 7.82. The van der Waals surface area contributed by atoms with Gasteiger partial charge in [-0.3, -0.25) is 9.59 Å². The summed E-state index contributed by atoms with van der Waals surface area (Å²) in [4.78, 5) is 26.4. The van der Waals surface area contributed by atoms with Crippen LogP contribution in [0, 0.1) is 0 Å². The molecular formula is C23H23N3O2. The summed E-state index contributed by atoms with van der Waals surface area (Å²) >= 11 is 0. The van der Waals surface area contributed by atoms with E-state index in [4.69, 9.17) is 5.73 Å². The van der Waals surface area contributed by atoms with Crippen molar-refractivity contribution in [3.8, 4) is 11.1 Å². The molecule has 1 aliphatic rings. The monoisotopic (exact) mass is 373 g/mol. The highest BCUT2D eigenvalue weighted by Crippen LogP contribution is 2.28. The number of carbonyl (C=O) groups excluding carboxylic acids is 1. The molecule has 142 valence electrons. The van der Waals surface area contributed by atoms with E-state index >= 15 is 0 Å². The van der Waals surface area contributed by atoms with Crippen molar-refractivity contribution >= 4 is 5.91 Å². The van der Waals surface area contributed by atoms with Crippen LogP contribution in [0.3, 0.4) is 0 Å². The number of aromatic amines is 1. The van der Waals surface area contributed by atoms with Crippen molar-refractivity contribution in [1.29, 1.82) is 0 Å². The predicted molar refractivity (Wildman–Crippen MR) is 110 cm³/mol. The van der Waals surface area contributed by atoms with Crippen molar-refractivity contribution in [1.82, 2.24) is 10.3 Å². The van der Waals surface area contributed by atoms with Crippen LogP contribution in [0.4, 0.5) is 0 Å². The van der Waals surface area contributed by atoms with Crippen LogP contribution in [0.25, 0.3) is 11.1 Å². The van der Waals surface area contributed by atoms with Gasteiger partial charge in [-0.15, -0.1) is 0 Å². The number of rotatable bonds is 5. The third kappa shape index (κ3) is 3.75. The maximum absolute atomic E-state index is 12.0. The molecular weight excluding hydrogens is 350 g/mol. The molecule has 0 bridgehead atoms. The van der Waals surface area contributed by atoms with Gasteiger partial charge in [0.25, 0.3) is 11.5 Å². The first kappa shape index (κ1) is 18.2. The molecule has 28 heavy (non-hydrogen) atoms. The summed E-state index contributed by atoms with van der Waals surface area (Å²) in [5.74, 6) is -0.690. The zero-order valence-corrected chi connectivity index (χ0v) is 15.6. The third-order valence-corrected chi connectivity index (χ3v) is 5.33. The zero-order chi connectivity index (χ0) is 19.5. The lowest BCUT2D eigenvalue weighted by molar-refractivity contribution is 0.0998. The molecule has 0 spiro atoms. The van der Waals surface area contributed by atoms with Gasteiger partial charge in [-0.05, 0) is 47.6 Å². The summed E-state index contributed by atoms with van der Waals surface area (Å²) in [6.07, 6.45) is 2.76. The van der Waals surface area contributed by atoms with E-state index in [9.17, 15) is 9.59 Å². The average Bonchev–Trinajstić information content (AvgIpc) is 2.72. The zero-order valence-electron chi connectivity index (χ0n) is 15.6. The topological polar surface area (TPSA) is 88.0 Å². The average molecular weight is 373 g/mol. The summed E-state index contributed by atoms with van der Waals surface area (Å²) in [5, 5.41) is 3.56. The van der Waals surface area contributed by atoms with Crippen LogP contribution in [-0.2, 0) is 13.0 Å². The van der Waals surface area contributed by atoms with Gasteiger partial charge in [-0.1, -0.05) is 54.6 Å². The molecule has 2 aromatic carbocycles. The number of carbonyl (C=O) groups is 1. The Bertz CT molecular complexity index is 1040. The molecule has 4 rings (SSSR count). The van der Waals surface area contributed by atoms with Crippen molar-refractivity contribution in [2.75, 3.05) is 0 Å². The van der Waals surface area contributed by atoms with Crippen LogP contribution in [-0.4, -0.2) is 10.9 Å². The lowest BCUT2D eigenvalue weighted by Crippen LogP contribution is -2.31. The Morgan fingerprint density at radius 1 is 1.07 bits per heavy atom. The fraction of sp³-hybridized carbons (Fsp3) is 0.217. The van der Waals surface area contributed by atoms with Gasteiger partial charge in [0, 0.05) is 18.3 Å². The normalized spacial score (nSPS) is 15.8. The van der Waals surface area contributed by atoms with Crippen LogP contribution >= 0.6 is 0 Å². The first-order valence-corrected chi connectivity index (χ1v) is 9.55. The van der Waals surface area contributed by atoms with E-state index in [1.165, 1.54) is 16.7 Å². The molecule has 3 aromatic rings. The molecule has 1 atom stereocenters. The summed E-state index contributed by atoms with van der Waals surface area (Å²) < 4.78 is 0. The predicted octanol–water partition coefficient (Wildman–Crippen LogP) is 3.31. The fourth-order valence-corrected chi connectivity index (χ4v) is 3.82. The quantitative estimate of drug-likeness (QED) is 0.641. The SMILES string of the molecule is NC(=O)c1cc2c([nH]c1=O)CCCC2NCc1ccc(-c2ccccc2)cc1. The van der Waals surface area contributed by atoms with E-state index in [1.54, 1.807) is 6.07 Å². The number of aryl methyl sites for hydroxylation is 1. The van der Waals surface area contributed by atoms with Gasteiger partial charge >= 0.3 is 0 Å². The molecule has 0 radical (unpaired) electrons. The van der Waals surface area contributed by atoms with Gasteiger partial charge in [0.1, 0.15) is 5.56 Å². The summed E-state index contributed by atoms with van der Waals surface area (Å²) in [6, 6.07) is 20.5. The minimum absolute atomic E-state index is 0.0275. The molecule has 1 unspecified atom stereocenters. The molecule has 0 fully saturated rings. The smallest absolute Gasteiger partial charge is 0.261 e. The number of H-pyrrole nitrogens is 1. The van der Waals surface area contributed by atoms with Crippen molar-refractivity contribution in [3.63, 3.8) is 0 Å². The van der Waals surface area contributed by atoms with E-state index in [0.29, 0.717) is 6.54 Å². The number of nitrogens with one attached hydrogen (secondary N) is 2. The minimum atomic E-state index is -0.690. The van der Waals surface area contributed by atoms with E-state index < -0.39 is 11.5 Å². The van der Waals surface area contributed by atoms with Gasteiger partial charge in [0.05, 0.1) is 0 Å².